The van der Waals surface area contributed by atoms with Crippen molar-refractivity contribution in [3.63, 3.8) is 0 Å². The van der Waals surface area contributed by atoms with Gasteiger partial charge in [-0.1, -0.05) is 95.2 Å². The summed E-state index contributed by atoms with van der Waals surface area (Å²) in [7, 11) is -9.87. The molecule has 0 radical (unpaired) electrons. The number of benzene rings is 2. The lowest BCUT2D eigenvalue weighted by Gasteiger charge is -2.24. The molecule has 6 N–H and O–H groups in total. The highest BCUT2D eigenvalue weighted by Gasteiger charge is 2.18. The third kappa shape index (κ3) is 19.7. The van der Waals surface area contributed by atoms with Crippen LogP contribution < -0.4 is 21.3 Å². The quantitative estimate of drug-likeness (QED) is 0.158. The second-order valence-electron chi connectivity index (χ2n) is 15.5. The smallest absolute Gasteiger partial charge is 0.125 e. The van der Waals surface area contributed by atoms with Crippen LogP contribution in [-0.4, -0.2) is 65.2 Å². The second-order valence-corrected chi connectivity index (χ2v) is 18.2. The van der Waals surface area contributed by atoms with Gasteiger partial charge in [-0.3, -0.25) is 0 Å². The van der Waals surface area contributed by atoms with Crippen molar-refractivity contribution in [1.82, 2.24) is 0 Å². The molecule has 12 heteroatoms. The zero-order valence-corrected chi connectivity index (χ0v) is 33.2. The first-order valence-corrected chi connectivity index (χ1v) is 20.0. The van der Waals surface area contributed by atoms with Crippen LogP contribution in [-0.2, 0) is 20.2 Å². The summed E-state index contributed by atoms with van der Waals surface area (Å²) in [6.45, 7) is 35.8. The Balaban J connectivity index is 0.000000738. The fraction of sp³-hybridized carbons (Fsp3) is 0.667. The summed E-state index contributed by atoms with van der Waals surface area (Å²) in [4.78, 5) is 2.12. The summed E-state index contributed by atoms with van der Waals surface area (Å²) in [5, 5.41) is 0. The van der Waals surface area contributed by atoms with Gasteiger partial charge < -0.3 is 30.4 Å². The van der Waals surface area contributed by atoms with Crippen molar-refractivity contribution in [2.45, 2.75) is 92.9 Å². The Bertz CT molecular complexity index is 1280. The molecular formula is C36H66N4O6S2. The molecule has 48 heavy (non-hydrogen) atoms. The average molecular weight is 715 g/mol. The second kappa shape index (κ2) is 21.1. The van der Waals surface area contributed by atoms with E-state index in [9.17, 15) is 25.9 Å². The molecule has 0 heterocycles. The van der Waals surface area contributed by atoms with E-state index in [0.29, 0.717) is 0 Å². The summed E-state index contributed by atoms with van der Waals surface area (Å²) in [5.41, 5.74) is 10.4. The Kier molecular flexibility index (Phi) is 20.1. The molecule has 0 fully saturated rings. The Labute approximate surface area is 293 Å². The third-order valence-corrected chi connectivity index (χ3v) is 8.77. The van der Waals surface area contributed by atoms with E-state index in [1.165, 1.54) is 51.4 Å². The minimum atomic E-state index is -4.93. The van der Waals surface area contributed by atoms with E-state index in [2.05, 4.69) is 83.1 Å². The van der Waals surface area contributed by atoms with Gasteiger partial charge in [-0.25, -0.2) is 16.8 Å². The number of quaternary nitrogens is 2. The van der Waals surface area contributed by atoms with Crippen molar-refractivity contribution in [2.75, 3.05) is 50.7 Å². The van der Waals surface area contributed by atoms with E-state index in [0.717, 1.165) is 59.8 Å². The van der Waals surface area contributed by atoms with Gasteiger partial charge in [0.1, 0.15) is 20.2 Å². The molecule has 0 amide bonds. The lowest BCUT2D eigenvalue weighted by molar-refractivity contribution is -0.909. The van der Waals surface area contributed by atoms with Gasteiger partial charge in [-0.05, 0) is 24.3 Å². The van der Waals surface area contributed by atoms with Gasteiger partial charge >= 0.3 is 0 Å². The van der Waals surface area contributed by atoms with Crippen molar-refractivity contribution >= 4 is 31.6 Å². The Morgan fingerprint density at radius 2 is 0.688 bits per heavy atom. The van der Waals surface area contributed by atoms with Gasteiger partial charge in [0.25, 0.3) is 0 Å². The van der Waals surface area contributed by atoms with E-state index in [1.54, 1.807) is 9.80 Å². The van der Waals surface area contributed by atoms with Crippen molar-refractivity contribution in [3.05, 3.63) is 36.4 Å². The van der Waals surface area contributed by atoms with Crippen LogP contribution in [0.25, 0.3) is 11.1 Å². The Hall–Kier alpha value is -2.22. The van der Waals surface area contributed by atoms with Crippen LogP contribution in [0.15, 0.2) is 46.2 Å². The van der Waals surface area contributed by atoms with Crippen molar-refractivity contribution in [3.8, 4) is 11.1 Å². The monoisotopic (exact) mass is 714 g/mol. The number of hydrogen-bond donors (Lipinski definition) is 4. The fourth-order valence-electron chi connectivity index (χ4n) is 5.90. The predicted octanol–water partition coefficient (Wildman–Crippen LogP) is 4.00. The molecule has 0 aliphatic heterocycles. The van der Waals surface area contributed by atoms with Crippen LogP contribution in [0.1, 0.15) is 83.1 Å². The van der Waals surface area contributed by atoms with Crippen molar-refractivity contribution in [1.29, 1.82) is 0 Å². The van der Waals surface area contributed by atoms with Gasteiger partial charge in [0.15, 0.2) is 0 Å². The number of nitrogen functional groups attached to an aromatic ring is 2. The van der Waals surface area contributed by atoms with Crippen molar-refractivity contribution < 1.29 is 35.7 Å². The van der Waals surface area contributed by atoms with E-state index in [-0.39, 0.29) is 22.5 Å². The van der Waals surface area contributed by atoms with Gasteiger partial charge in [0, 0.05) is 58.0 Å². The molecule has 0 bridgehead atoms. The van der Waals surface area contributed by atoms with E-state index in [1.807, 2.05) is 0 Å². The van der Waals surface area contributed by atoms with Gasteiger partial charge in [-0.2, -0.15) is 0 Å². The van der Waals surface area contributed by atoms with E-state index < -0.39 is 30.0 Å². The van der Waals surface area contributed by atoms with Crippen LogP contribution in [0.2, 0.25) is 0 Å². The van der Waals surface area contributed by atoms with Crippen molar-refractivity contribution in [2.24, 2.45) is 35.5 Å². The predicted molar refractivity (Wildman–Crippen MR) is 197 cm³/mol. The molecular weight excluding hydrogens is 649 g/mol. The maximum atomic E-state index is 11.3. The highest BCUT2D eigenvalue weighted by Crippen LogP contribution is 2.34. The molecule has 0 aliphatic rings. The number of anilines is 2. The third-order valence-electron chi connectivity index (χ3n) is 7.02. The van der Waals surface area contributed by atoms with Crippen LogP contribution >= 0.6 is 0 Å². The lowest BCUT2D eigenvalue weighted by atomic mass is 10.0. The topological polar surface area (TPSA) is 175 Å². The summed E-state index contributed by atoms with van der Waals surface area (Å²) < 4.78 is 68.1. The molecule has 0 spiro atoms. The summed E-state index contributed by atoms with van der Waals surface area (Å²) in [6.07, 6.45) is 0. The molecule has 0 aliphatic carbocycles. The first-order valence-electron chi connectivity index (χ1n) is 17.2. The zero-order valence-electron chi connectivity index (χ0n) is 31.6. The molecule has 278 valence electrons. The number of nitrogens with one attached hydrogen (secondary N) is 2. The first-order chi connectivity index (χ1) is 21.8. The number of hydrogen-bond acceptors (Lipinski definition) is 8. The largest absolute Gasteiger partial charge is 0.744 e. The average Bonchev–Trinajstić information content (AvgIpc) is 2.86. The normalized spacial score (nSPS) is 12.4. The molecule has 2 aromatic carbocycles. The summed E-state index contributed by atoms with van der Waals surface area (Å²) in [5.74, 6) is 4.96. The van der Waals surface area contributed by atoms with Crippen LogP contribution in [0, 0.1) is 35.5 Å². The highest BCUT2D eigenvalue weighted by atomic mass is 32.2. The fourth-order valence-corrected chi connectivity index (χ4v) is 7.36. The molecule has 0 saturated carbocycles. The maximum Gasteiger partial charge on any atom is 0.125 e. The van der Waals surface area contributed by atoms with Gasteiger partial charge in [0.05, 0.1) is 49.1 Å². The Morgan fingerprint density at radius 1 is 0.479 bits per heavy atom. The molecule has 0 aromatic heterocycles. The molecule has 2 rings (SSSR count). The molecule has 0 atom stereocenters. The van der Waals surface area contributed by atoms with E-state index >= 15 is 0 Å². The molecule has 0 unspecified atom stereocenters. The van der Waals surface area contributed by atoms with Gasteiger partial charge in [-0.15, -0.1) is 0 Å². The van der Waals surface area contributed by atoms with Crippen LogP contribution in [0.3, 0.4) is 0 Å². The molecule has 0 saturated heterocycles. The molecule has 2 aromatic rings. The van der Waals surface area contributed by atoms with Gasteiger partial charge in [0.2, 0.25) is 0 Å². The minimum Gasteiger partial charge on any atom is -0.744 e. The zero-order chi connectivity index (χ0) is 37.6. The Morgan fingerprint density at radius 3 is 0.854 bits per heavy atom. The van der Waals surface area contributed by atoms with Crippen LogP contribution in [0.5, 0.6) is 0 Å². The lowest BCUT2D eigenvalue weighted by Crippen LogP contribution is -3.13. The van der Waals surface area contributed by atoms with Crippen LogP contribution in [0.4, 0.5) is 11.4 Å². The SMILES string of the molecule is CC(C)C[NH+](CC(C)C)CC(C)C.CC(C)C[NH+](CC(C)C)CC(C)C.Nc1ccc(-c2ccc(N)cc2S(=O)(=O)[O-])c(S(=O)(=O)[O-])c1. The number of nitrogens with two attached hydrogens (primary N) is 2. The summed E-state index contributed by atoms with van der Waals surface area (Å²) >= 11 is 0. The minimum absolute atomic E-state index is 0.000139. The molecule has 10 nitrogen and oxygen atoms in total. The summed E-state index contributed by atoms with van der Waals surface area (Å²) in [6, 6.07) is 6.66. The first kappa shape index (κ1) is 45.8. The standard InChI is InChI=1S/C12H12N2O6S2.2C12H27N/c13-7-1-3-9(11(5-7)21(15,16)17)10-4-2-8(14)6-12(10)22(18,19)20;2*1-10(2)7-13(8-11(3)4)9-12(5)6/h1-6H,13-14H2,(H,15,16,17)(H,18,19,20);2*10-12H,7-9H2,1-6H3. The van der Waals surface area contributed by atoms with E-state index in [4.69, 9.17) is 11.5 Å². The highest BCUT2D eigenvalue weighted by molar-refractivity contribution is 7.86. The maximum absolute atomic E-state index is 11.3. The number of rotatable bonds is 15.